The normalized spacial score (nSPS) is 22.0. The lowest BCUT2D eigenvalue weighted by molar-refractivity contribution is -0.122. The smallest absolute Gasteiger partial charge is 0.320 e. The highest BCUT2D eigenvalue weighted by Gasteiger charge is 2.39. The molecule has 1 N–H and O–H groups in total. The third kappa shape index (κ3) is 3.61. The number of aromatic nitrogens is 3. The molecule has 0 spiro atoms. The number of urea groups is 1. The molecule has 41 heavy (non-hydrogen) atoms. The molecular formula is C30H25N7O4. The van der Waals surface area contributed by atoms with E-state index in [-0.39, 0.29) is 29.4 Å². The van der Waals surface area contributed by atoms with E-state index in [0.717, 1.165) is 23.9 Å². The van der Waals surface area contributed by atoms with E-state index >= 15 is 0 Å². The molecule has 4 aliphatic heterocycles. The van der Waals surface area contributed by atoms with Crippen LogP contribution in [0.1, 0.15) is 35.2 Å². The summed E-state index contributed by atoms with van der Waals surface area (Å²) >= 11 is 0. The summed E-state index contributed by atoms with van der Waals surface area (Å²) in [6, 6.07) is 11.3. The van der Waals surface area contributed by atoms with Gasteiger partial charge in [-0.05, 0) is 42.7 Å². The SMILES string of the molecule is N#Cc1cc2c3c(c1)c(C1=C(c4cnc5ccccn45)C(=O)NC1=O)cn3CCN(C(=O)N1CC3CCC(C1)O3)C2. The molecular weight excluding hydrogens is 522 g/mol. The minimum absolute atomic E-state index is 0.0231. The number of imide groups is 1. The van der Waals surface area contributed by atoms with Crippen LogP contribution >= 0.6 is 0 Å². The topological polar surface area (TPSA) is 125 Å². The molecule has 4 aliphatic rings. The van der Waals surface area contributed by atoms with E-state index < -0.39 is 11.8 Å². The van der Waals surface area contributed by atoms with Crippen molar-refractivity contribution in [2.24, 2.45) is 0 Å². The predicted octanol–water partition coefficient (Wildman–Crippen LogP) is 2.53. The molecule has 2 bridgehead atoms. The highest BCUT2D eigenvalue weighted by molar-refractivity contribution is 6.49. The van der Waals surface area contributed by atoms with Gasteiger partial charge in [-0.3, -0.25) is 19.3 Å². The van der Waals surface area contributed by atoms with Gasteiger partial charge in [-0.2, -0.15) is 5.26 Å². The lowest BCUT2D eigenvalue weighted by atomic mass is 9.97. The number of likely N-dealkylation sites (tertiary alicyclic amines) is 1. The largest absolute Gasteiger partial charge is 0.371 e. The Bertz CT molecular complexity index is 1880. The Hall–Kier alpha value is -4.95. The predicted molar refractivity (Wildman–Crippen MR) is 147 cm³/mol. The second-order valence-electron chi connectivity index (χ2n) is 11.1. The first kappa shape index (κ1) is 23.9. The number of carbonyl (C=O) groups is 3. The van der Waals surface area contributed by atoms with Gasteiger partial charge in [-0.15, -0.1) is 0 Å². The monoisotopic (exact) mass is 547 g/mol. The number of nitrogens with zero attached hydrogens (tertiary/aromatic N) is 6. The van der Waals surface area contributed by atoms with Gasteiger partial charge in [0.05, 0.1) is 52.4 Å². The summed E-state index contributed by atoms with van der Waals surface area (Å²) in [6.45, 7) is 2.51. The number of hydrogen-bond acceptors (Lipinski definition) is 6. The van der Waals surface area contributed by atoms with Crippen molar-refractivity contribution in [3.8, 4) is 6.07 Å². The molecule has 204 valence electrons. The molecule has 2 fully saturated rings. The zero-order chi connectivity index (χ0) is 27.8. The molecule has 0 saturated carbocycles. The Labute approximate surface area is 234 Å². The maximum atomic E-state index is 13.6. The average Bonchev–Trinajstić information content (AvgIpc) is 3.69. The van der Waals surface area contributed by atoms with E-state index in [1.165, 1.54) is 0 Å². The summed E-state index contributed by atoms with van der Waals surface area (Å²) in [6.07, 6.45) is 7.44. The van der Waals surface area contributed by atoms with Crippen molar-refractivity contribution in [2.45, 2.75) is 38.1 Å². The Morgan fingerprint density at radius 1 is 1.05 bits per heavy atom. The van der Waals surface area contributed by atoms with E-state index in [1.807, 2.05) is 44.8 Å². The van der Waals surface area contributed by atoms with E-state index in [4.69, 9.17) is 4.74 Å². The van der Waals surface area contributed by atoms with Crippen molar-refractivity contribution in [2.75, 3.05) is 19.6 Å². The van der Waals surface area contributed by atoms with Gasteiger partial charge < -0.3 is 19.1 Å². The standard InChI is InChI=1S/C30H25N7O4/c31-11-17-9-18-13-35(30(40)36-14-19-4-5-20(15-36)41-19)8-7-34-16-22(21(10-17)27(18)34)25-26(29(39)33-28(25)38)23-12-32-24-3-1-2-6-37(23)24/h1-3,6,9-10,12,16,19-20H,4-5,7-8,13-15H2,(H,33,38,39). The molecule has 3 aromatic heterocycles. The minimum atomic E-state index is -0.491. The van der Waals surface area contributed by atoms with Crippen LogP contribution in [0.5, 0.6) is 0 Å². The number of hydrogen-bond donors (Lipinski definition) is 1. The highest BCUT2D eigenvalue weighted by Crippen LogP contribution is 2.39. The van der Waals surface area contributed by atoms with Crippen molar-refractivity contribution < 1.29 is 19.1 Å². The van der Waals surface area contributed by atoms with Crippen LogP contribution in [0.4, 0.5) is 4.79 Å². The van der Waals surface area contributed by atoms with Gasteiger partial charge in [-0.25, -0.2) is 9.78 Å². The lowest BCUT2D eigenvalue weighted by Crippen LogP contribution is -2.51. The molecule has 0 aliphatic carbocycles. The summed E-state index contributed by atoms with van der Waals surface area (Å²) < 4.78 is 9.74. The summed E-state index contributed by atoms with van der Waals surface area (Å²) in [7, 11) is 0. The molecule has 2 atom stereocenters. The first-order chi connectivity index (χ1) is 20.0. The second kappa shape index (κ2) is 8.78. The van der Waals surface area contributed by atoms with E-state index in [2.05, 4.69) is 16.4 Å². The number of carbonyl (C=O) groups excluding carboxylic acids is 3. The number of amides is 4. The van der Waals surface area contributed by atoms with Crippen LogP contribution in [0.15, 0.2) is 48.9 Å². The van der Waals surface area contributed by atoms with Gasteiger partial charge in [0.1, 0.15) is 5.65 Å². The molecule has 2 saturated heterocycles. The van der Waals surface area contributed by atoms with Gasteiger partial charge in [0.15, 0.2) is 0 Å². The first-order valence-corrected chi connectivity index (χ1v) is 13.8. The first-order valence-electron chi connectivity index (χ1n) is 13.8. The number of morpholine rings is 1. The molecule has 0 radical (unpaired) electrons. The van der Waals surface area contributed by atoms with Crippen LogP contribution in [0.2, 0.25) is 0 Å². The number of pyridine rings is 1. The van der Waals surface area contributed by atoms with Crippen molar-refractivity contribution >= 4 is 45.5 Å². The summed E-state index contributed by atoms with van der Waals surface area (Å²) in [4.78, 5) is 48.2. The third-order valence-electron chi connectivity index (χ3n) is 8.61. The average molecular weight is 548 g/mol. The quantitative estimate of drug-likeness (QED) is 0.385. The van der Waals surface area contributed by atoms with Gasteiger partial charge in [0.25, 0.3) is 11.8 Å². The third-order valence-corrected chi connectivity index (χ3v) is 8.61. The summed E-state index contributed by atoms with van der Waals surface area (Å²) in [5.74, 6) is -0.980. The molecule has 4 amide bonds. The van der Waals surface area contributed by atoms with Gasteiger partial charge >= 0.3 is 6.03 Å². The minimum Gasteiger partial charge on any atom is -0.371 e. The molecule has 7 heterocycles. The summed E-state index contributed by atoms with van der Waals surface area (Å²) in [5, 5.41) is 13.1. The van der Waals surface area contributed by atoms with E-state index in [0.29, 0.717) is 60.6 Å². The number of nitriles is 1. The number of fused-ring (bicyclic) bond motifs is 3. The van der Waals surface area contributed by atoms with Gasteiger partial charge in [0.2, 0.25) is 0 Å². The van der Waals surface area contributed by atoms with Crippen LogP contribution in [0, 0.1) is 11.3 Å². The van der Waals surface area contributed by atoms with Gasteiger partial charge in [0, 0.05) is 56.1 Å². The molecule has 4 aromatic rings. The summed E-state index contributed by atoms with van der Waals surface area (Å²) in [5.41, 5.74) is 4.35. The Balaban J connectivity index is 1.25. The van der Waals surface area contributed by atoms with Crippen LogP contribution in [-0.2, 0) is 27.4 Å². The number of benzene rings is 1. The number of nitrogens with one attached hydrogen (secondary N) is 1. The number of rotatable bonds is 2. The van der Waals surface area contributed by atoms with Crippen molar-refractivity contribution in [3.05, 3.63) is 71.3 Å². The molecule has 2 unspecified atom stereocenters. The Morgan fingerprint density at radius 3 is 2.66 bits per heavy atom. The molecule has 11 heteroatoms. The van der Waals surface area contributed by atoms with Crippen LogP contribution in [0.3, 0.4) is 0 Å². The fourth-order valence-corrected chi connectivity index (χ4v) is 6.81. The fraction of sp³-hybridized carbons (Fsp3) is 0.300. The maximum absolute atomic E-state index is 13.6. The zero-order valence-electron chi connectivity index (χ0n) is 22.0. The van der Waals surface area contributed by atoms with Crippen LogP contribution < -0.4 is 5.32 Å². The molecule has 11 nitrogen and oxygen atoms in total. The maximum Gasteiger partial charge on any atom is 0.320 e. The van der Waals surface area contributed by atoms with Crippen LogP contribution in [0.25, 0.3) is 27.7 Å². The fourth-order valence-electron chi connectivity index (χ4n) is 6.81. The van der Waals surface area contributed by atoms with E-state index in [1.54, 1.807) is 22.9 Å². The van der Waals surface area contributed by atoms with E-state index in [9.17, 15) is 19.6 Å². The van der Waals surface area contributed by atoms with Crippen molar-refractivity contribution in [1.82, 2.24) is 29.1 Å². The van der Waals surface area contributed by atoms with Crippen molar-refractivity contribution in [1.29, 1.82) is 5.26 Å². The number of imidazole rings is 1. The highest BCUT2D eigenvalue weighted by atomic mass is 16.5. The zero-order valence-corrected chi connectivity index (χ0v) is 22.0. The second-order valence-corrected chi connectivity index (χ2v) is 11.1. The van der Waals surface area contributed by atoms with Gasteiger partial charge in [-0.1, -0.05) is 6.07 Å². The number of ether oxygens (including phenoxy) is 1. The molecule has 8 rings (SSSR count). The Morgan fingerprint density at radius 2 is 1.85 bits per heavy atom. The molecule has 1 aromatic carbocycles. The van der Waals surface area contributed by atoms with Crippen LogP contribution in [-0.4, -0.2) is 73.4 Å². The van der Waals surface area contributed by atoms with Crippen molar-refractivity contribution in [3.63, 3.8) is 0 Å². The lowest BCUT2D eigenvalue weighted by Gasteiger charge is -2.35. The Kier molecular flexibility index (Phi) is 5.11.